The number of ether oxygens (including phenoxy) is 1. The maximum atomic E-state index is 12.2. The molecule has 1 atom stereocenters. The van der Waals surface area contributed by atoms with Gasteiger partial charge in [-0.1, -0.05) is 0 Å². The number of carbonyl (C=O) groups excluding carboxylic acids is 1. The van der Waals surface area contributed by atoms with Crippen molar-refractivity contribution in [2.45, 2.75) is 51.4 Å². The van der Waals surface area contributed by atoms with Crippen LogP contribution in [0.15, 0.2) is 0 Å². The third-order valence-corrected chi connectivity index (χ3v) is 4.61. The van der Waals surface area contributed by atoms with Gasteiger partial charge < -0.3 is 15.0 Å². The second-order valence-electron chi connectivity index (χ2n) is 6.27. The maximum Gasteiger partial charge on any atom is 0.317 e. The van der Waals surface area contributed by atoms with E-state index in [2.05, 4.69) is 33.0 Å². The lowest BCUT2D eigenvalue weighted by atomic mass is 9.94. The van der Waals surface area contributed by atoms with Crippen LogP contribution < -0.4 is 5.32 Å². The summed E-state index contributed by atoms with van der Waals surface area (Å²) in [5.74, 6) is 2.09. The molecule has 0 aromatic heterocycles. The Morgan fingerprint density at radius 3 is 2.39 bits per heavy atom. The summed E-state index contributed by atoms with van der Waals surface area (Å²) in [6.45, 7) is 9.98. The van der Waals surface area contributed by atoms with Gasteiger partial charge in [0.1, 0.15) is 0 Å². The molecule has 0 aliphatic carbocycles. The molecule has 1 N–H and O–H groups in total. The lowest BCUT2D eigenvalue weighted by Gasteiger charge is -2.31. The van der Waals surface area contributed by atoms with E-state index in [1.807, 2.05) is 16.7 Å². The van der Waals surface area contributed by atoms with Crippen LogP contribution in [0, 0.1) is 0 Å². The van der Waals surface area contributed by atoms with Crippen molar-refractivity contribution in [1.29, 1.82) is 0 Å². The minimum absolute atomic E-state index is 0.0645. The van der Waals surface area contributed by atoms with E-state index in [0.717, 1.165) is 31.0 Å². The molecule has 0 aromatic rings. The van der Waals surface area contributed by atoms with Crippen molar-refractivity contribution in [3.05, 3.63) is 0 Å². The standard InChI is InChI=1S/C13H24N2O2S/c1-12(2)9-10(13(3,4)17-12)14-11(16)15-5-7-18-8-6-15/h10H,5-9H2,1-4H3,(H,14,16)/t10-/m0/s1. The minimum atomic E-state index is -0.288. The molecule has 0 saturated carbocycles. The summed E-state index contributed by atoms with van der Waals surface area (Å²) >= 11 is 1.91. The van der Waals surface area contributed by atoms with Gasteiger partial charge in [0.05, 0.1) is 17.2 Å². The molecule has 0 radical (unpaired) electrons. The minimum Gasteiger partial charge on any atom is -0.367 e. The molecule has 5 heteroatoms. The summed E-state index contributed by atoms with van der Waals surface area (Å²) in [7, 11) is 0. The normalized spacial score (nSPS) is 30.2. The molecule has 2 amide bonds. The van der Waals surface area contributed by atoms with E-state index in [9.17, 15) is 4.79 Å². The van der Waals surface area contributed by atoms with E-state index in [1.165, 1.54) is 0 Å². The highest BCUT2D eigenvalue weighted by atomic mass is 32.2. The molecule has 2 aliphatic heterocycles. The summed E-state index contributed by atoms with van der Waals surface area (Å²) in [5.41, 5.74) is -0.442. The maximum absolute atomic E-state index is 12.2. The van der Waals surface area contributed by atoms with Crippen LogP contribution >= 0.6 is 11.8 Å². The fourth-order valence-corrected chi connectivity index (χ4v) is 3.70. The van der Waals surface area contributed by atoms with Crippen molar-refractivity contribution in [2.24, 2.45) is 0 Å². The second-order valence-corrected chi connectivity index (χ2v) is 7.50. The Balaban J connectivity index is 1.94. The second kappa shape index (κ2) is 4.93. The van der Waals surface area contributed by atoms with E-state index >= 15 is 0 Å². The molecule has 0 bridgehead atoms. The third-order valence-electron chi connectivity index (χ3n) is 3.67. The average Bonchev–Trinajstić information content (AvgIpc) is 2.48. The summed E-state index contributed by atoms with van der Waals surface area (Å²) < 4.78 is 6.00. The average molecular weight is 272 g/mol. The highest BCUT2D eigenvalue weighted by Gasteiger charge is 2.46. The molecular formula is C13H24N2O2S. The van der Waals surface area contributed by atoms with E-state index < -0.39 is 0 Å². The number of thioether (sulfide) groups is 1. The molecule has 2 rings (SSSR count). The van der Waals surface area contributed by atoms with Crippen molar-refractivity contribution < 1.29 is 9.53 Å². The van der Waals surface area contributed by atoms with Crippen LogP contribution in [0.3, 0.4) is 0 Å². The van der Waals surface area contributed by atoms with Gasteiger partial charge in [0, 0.05) is 24.6 Å². The molecule has 2 saturated heterocycles. The first-order valence-corrected chi connectivity index (χ1v) is 7.79. The van der Waals surface area contributed by atoms with Crippen LogP contribution in [-0.4, -0.2) is 52.8 Å². The van der Waals surface area contributed by atoms with Gasteiger partial charge in [0.25, 0.3) is 0 Å². The molecule has 4 nitrogen and oxygen atoms in total. The van der Waals surface area contributed by atoms with E-state index in [4.69, 9.17) is 4.74 Å². The number of carbonyl (C=O) groups is 1. The molecule has 2 fully saturated rings. The summed E-state index contributed by atoms with van der Waals surface area (Å²) in [4.78, 5) is 14.1. The number of amides is 2. The van der Waals surface area contributed by atoms with E-state index in [-0.39, 0.29) is 23.3 Å². The predicted octanol–water partition coefficient (Wildman–Crippen LogP) is 2.09. The Labute approximate surface area is 114 Å². The van der Waals surface area contributed by atoms with Gasteiger partial charge in [-0.2, -0.15) is 11.8 Å². The SMILES string of the molecule is CC1(C)C[C@H](NC(=O)N2CCSCC2)C(C)(C)O1. The van der Waals surface area contributed by atoms with Crippen LogP contribution in [0.1, 0.15) is 34.1 Å². The lowest BCUT2D eigenvalue weighted by molar-refractivity contribution is -0.0692. The molecule has 0 aromatic carbocycles. The molecule has 18 heavy (non-hydrogen) atoms. The van der Waals surface area contributed by atoms with Crippen molar-refractivity contribution in [3.63, 3.8) is 0 Å². The smallest absolute Gasteiger partial charge is 0.317 e. The molecule has 104 valence electrons. The molecule has 2 heterocycles. The van der Waals surface area contributed by atoms with Gasteiger partial charge in [-0.3, -0.25) is 0 Å². The van der Waals surface area contributed by atoms with Crippen molar-refractivity contribution in [1.82, 2.24) is 10.2 Å². The first-order chi connectivity index (χ1) is 8.30. The Morgan fingerprint density at radius 2 is 1.89 bits per heavy atom. The Morgan fingerprint density at radius 1 is 1.28 bits per heavy atom. The van der Waals surface area contributed by atoms with Gasteiger partial charge in [-0.15, -0.1) is 0 Å². The number of nitrogens with one attached hydrogen (secondary N) is 1. The highest BCUT2D eigenvalue weighted by Crippen LogP contribution is 2.37. The number of urea groups is 1. The van der Waals surface area contributed by atoms with Crippen molar-refractivity contribution >= 4 is 17.8 Å². The predicted molar refractivity (Wildman–Crippen MR) is 75.1 cm³/mol. The monoisotopic (exact) mass is 272 g/mol. The van der Waals surface area contributed by atoms with Crippen LogP contribution in [0.2, 0.25) is 0 Å². The van der Waals surface area contributed by atoms with Crippen LogP contribution in [-0.2, 0) is 4.74 Å². The molecular weight excluding hydrogens is 248 g/mol. The van der Waals surface area contributed by atoms with Crippen LogP contribution in [0.5, 0.6) is 0 Å². The quantitative estimate of drug-likeness (QED) is 0.795. The van der Waals surface area contributed by atoms with Gasteiger partial charge in [-0.05, 0) is 34.1 Å². The first kappa shape index (κ1) is 14.0. The number of nitrogens with zero attached hydrogens (tertiary/aromatic N) is 1. The van der Waals surface area contributed by atoms with Gasteiger partial charge in [0.15, 0.2) is 0 Å². The Kier molecular flexibility index (Phi) is 3.83. The number of rotatable bonds is 1. The van der Waals surface area contributed by atoms with E-state index in [1.54, 1.807) is 0 Å². The number of hydrogen-bond acceptors (Lipinski definition) is 3. The zero-order valence-corrected chi connectivity index (χ0v) is 12.6. The van der Waals surface area contributed by atoms with Crippen molar-refractivity contribution in [3.8, 4) is 0 Å². The fourth-order valence-electron chi connectivity index (χ4n) is 2.79. The fraction of sp³-hybridized carbons (Fsp3) is 0.923. The number of hydrogen-bond donors (Lipinski definition) is 1. The zero-order valence-electron chi connectivity index (χ0n) is 11.8. The summed E-state index contributed by atoms with van der Waals surface area (Å²) in [5, 5.41) is 3.15. The summed E-state index contributed by atoms with van der Waals surface area (Å²) in [6.07, 6.45) is 0.869. The third kappa shape index (κ3) is 3.12. The molecule has 0 unspecified atom stereocenters. The first-order valence-electron chi connectivity index (χ1n) is 6.63. The van der Waals surface area contributed by atoms with Crippen LogP contribution in [0.4, 0.5) is 4.79 Å². The zero-order chi connectivity index (χ0) is 13.4. The van der Waals surface area contributed by atoms with Crippen LogP contribution in [0.25, 0.3) is 0 Å². The lowest BCUT2D eigenvalue weighted by Crippen LogP contribution is -2.52. The summed E-state index contributed by atoms with van der Waals surface area (Å²) in [6, 6.07) is 0.157. The van der Waals surface area contributed by atoms with Gasteiger partial charge >= 0.3 is 6.03 Å². The van der Waals surface area contributed by atoms with Crippen molar-refractivity contribution in [2.75, 3.05) is 24.6 Å². The van der Waals surface area contributed by atoms with Gasteiger partial charge in [-0.25, -0.2) is 4.79 Å². The molecule has 0 spiro atoms. The largest absolute Gasteiger partial charge is 0.367 e. The highest BCUT2D eigenvalue weighted by molar-refractivity contribution is 7.99. The Hall–Kier alpha value is -0.420. The van der Waals surface area contributed by atoms with E-state index in [0.29, 0.717) is 0 Å². The van der Waals surface area contributed by atoms with Gasteiger partial charge in [0.2, 0.25) is 0 Å². The topological polar surface area (TPSA) is 41.6 Å². The molecule has 2 aliphatic rings. The Bertz CT molecular complexity index is 325.